The van der Waals surface area contributed by atoms with E-state index >= 15 is 0 Å². The van der Waals surface area contributed by atoms with Crippen molar-refractivity contribution < 1.29 is 19.8 Å². The summed E-state index contributed by atoms with van der Waals surface area (Å²) in [5.74, 6) is -2.77. The number of nitrogens with zero attached hydrogens (tertiary/aromatic N) is 2. The fourth-order valence-electron chi connectivity index (χ4n) is 3.84. The van der Waals surface area contributed by atoms with Gasteiger partial charge in [0.1, 0.15) is 5.56 Å². The van der Waals surface area contributed by atoms with Crippen LogP contribution < -0.4 is 5.43 Å². The molecular formula is C23H20N2O5. The molecule has 3 aromatic rings. The lowest BCUT2D eigenvalue weighted by Crippen LogP contribution is -2.45. The lowest BCUT2D eigenvalue weighted by molar-refractivity contribution is 0.0632. The minimum absolute atomic E-state index is 0.173. The van der Waals surface area contributed by atoms with E-state index in [-0.39, 0.29) is 11.7 Å². The molecule has 1 amide bonds. The van der Waals surface area contributed by atoms with E-state index in [2.05, 4.69) is 0 Å². The molecule has 1 aliphatic rings. The van der Waals surface area contributed by atoms with E-state index in [4.69, 9.17) is 0 Å². The second-order valence-electron chi connectivity index (χ2n) is 7.30. The molecule has 1 aromatic heterocycles. The smallest absolute Gasteiger partial charge is 0.341 e. The Labute approximate surface area is 172 Å². The zero-order valence-electron chi connectivity index (χ0n) is 16.1. The molecule has 0 saturated carbocycles. The van der Waals surface area contributed by atoms with Crippen molar-refractivity contribution in [2.75, 3.05) is 6.54 Å². The molecule has 0 saturated heterocycles. The van der Waals surface area contributed by atoms with Gasteiger partial charge < -0.3 is 19.7 Å². The minimum Gasteiger partial charge on any atom is -0.503 e. The number of aromatic nitrogens is 1. The van der Waals surface area contributed by atoms with Gasteiger partial charge in [-0.1, -0.05) is 60.7 Å². The molecule has 0 bridgehead atoms. The molecule has 1 aliphatic heterocycles. The van der Waals surface area contributed by atoms with E-state index in [1.54, 1.807) is 4.90 Å². The number of benzene rings is 2. The topological polar surface area (TPSA) is 99.8 Å². The Morgan fingerprint density at radius 2 is 1.57 bits per heavy atom. The summed E-state index contributed by atoms with van der Waals surface area (Å²) in [6.07, 6.45) is 1.68. The normalized spacial score (nSPS) is 15.7. The lowest BCUT2D eigenvalue weighted by atomic mass is 10.0. The van der Waals surface area contributed by atoms with Gasteiger partial charge in [0.05, 0.1) is 6.04 Å². The highest BCUT2D eigenvalue weighted by Crippen LogP contribution is 2.29. The van der Waals surface area contributed by atoms with Crippen molar-refractivity contribution in [3.05, 3.63) is 99.5 Å². The van der Waals surface area contributed by atoms with Crippen LogP contribution in [-0.2, 0) is 13.0 Å². The molecule has 1 unspecified atom stereocenters. The molecule has 152 valence electrons. The second kappa shape index (κ2) is 7.87. The quantitative estimate of drug-likeness (QED) is 0.681. The molecule has 0 spiro atoms. The summed E-state index contributed by atoms with van der Waals surface area (Å²) in [6, 6.07) is 18.7. The Bertz CT molecular complexity index is 1160. The Balaban J connectivity index is 1.81. The van der Waals surface area contributed by atoms with Crippen molar-refractivity contribution in [1.29, 1.82) is 0 Å². The fourth-order valence-corrected chi connectivity index (χ4v) is 3.84. The van der Waals surface area contributed by atoms with E-state index in [1.807, 2.05) is 60.7 Å². The second-order valence-corrected chi connectivity index (χ2v) is 7.30. The average molecular weight is 404 g/mol. The van der Waals surface area contributed by atoms with Crippen molar-refractivity contribution in [2.45, 2.75) is 19.0 Å². The van der Waals surface area contributed by atoms with Crippen molar-refractivity contribution in [2.24, 2.45) is 0 Å². The first-order chi connectivity index (χ1) is 14.5. The summed E-state index contributed by atoms with van der Waals surface area (Å²) in [7, 11) is 0. The van der Waals surface area contributed by atoms with E-state index in [1.165, 1.54) is 10.8 Å². The third-order valence-corrected chi connectivity index (χ3v) is 5.29. The number of carboxylic acid groups (broad SMARTS) is 1. The first-order valence-corrected chi connectivity index (χ1v) is 9.54. The third-order valence-electron chi connectivity index (χ3n) is 5.29. The summed E-state index contributed by atoms with van der Waals surface area (Å²) >= 11 is 0. The van der Waals surface area contributed by atoms with Gasteiger partial charge in [0, 0.05) is 19.3 Å². The molecule has 2 heterocycles. The largest absolute Gasteiger partial charge is 0.503 e. The number of aromatic carboxylic acids is 1. The van der Waals surface area contributed by atoms with Crippen LogP contribution in [-0.4, -0.2) is 38.1 Å². The first kappa shape index (κ1) is 19.4. The molecule has 7 nitrogen and oxygen atoms in total. The maximum absolute atomic E-state index is 13.1. The van der Waals surface area contributed by atoms with Crippen molar-refractivity contribution in [3.63, 3.8) is 0 Å². The zero-order chi connectivity index (χ0) is 21.3. The van der Waals surface area contributed by atoms with Crippen LogP contribution in [0.15, 0.2) is 71.7 Å². The van der Waals surface area contributed by atoms with E-state index in [0.717, 1.165) is 11.1 Å². The van der Waals surface area contributed by atoms with Gasteiger partial charge in [0.25, 0.3) is 5.91 Å². The highest BCUT2D eigenvalue weighted by atomic mass is 16.4. The molecule has 0 radical (unpaired) electrons. The van der Waals surface area contributed by atoms with Gasteiger partial charge >= 0.3 is 5.97 Å². The number of fused-ring (bicyclic) bond motifs is 1. The zero-order valence-corrected chi connectivity index (χ0v) is 16.1. The molecule has 0 aliphatic carbocycles. The lowest BCUT2D eigenvalue weighted by Gasteiger charge is -2.36. The van der Waals surface area contributed by atoms with Crippen molar-refractivity contribution in [1.82, 2.24) is 9.47 Å². The Kier molecular flexibility index (Phi) is 5.10. The summed E-state index contributed by atoms with van der Waals surface area (Å²) in [5.41, 5.74) is 0.133. The molecule has 1 atom stereocenters. The maximum Gasteiger partial charge on any atom is 0.341 e. The summed E-state index contributed by atoms with van der Waals surface area (Å²) in [4.78, 5) is 38.5. The Hall–Kier alpha value is -3.87. The third kappa shape index (κ3) is 3.57. The number of carboxylic acids is 1. The van der Waals surface area contributed by atoms with E-state index in [0.29, 0.717) is 19.5 Å². The maximum atomic E-state index is 13.1. The molecule has 30 heavy (non-hydrogen) atoms. The SMILES string of the molecule is O=C(O)c1cn2c(c(O)c1=O)C(=O)N(Cc1ccccc1)CC2Cc1ccccc1. The fraction of sp³-hybridized carbons (Fsp3) is 0.174. The van der Waals surface area contributed by atoms with Gasteiger partial charge in [-0.3, -0.25) is 9.59 Å². The number of rotatable bonds is 5. The van der Waals surface area contributed by atoms with E-state index < -0.39 is 28.6 Å². The number of pyridine rings is 1. The van der Waals surface area contributed by atoms with Crippen molar-refractivity contribution in [3.8, 4) is 5.75 Å². The number of hydrogen-bond donors (Lipinski definition) is 2. The highest BCUT2D eigenvalue weighted by Gasteiger charge is 2.35. The van der Waals surface area contributed by atoms with Gasteiger partial charge in [-0.05, 0) is 17.5 Å². The summed E-state index contributed by atoms with van der Waals surface area (Å²) in [5, 5.41) is 19.8. The molecule has 2 aromatic carbocycles. The van der Waals surface area contributed by atoms with Gasteiger partial charge in [-0.15, -0.1) is 0 Å². The molecule has 7 heteroatoms. The summed E-state index contributed by atoms with van der Waals surface area (Å²) in [6.45, 7) is 0.635. The summed E-state index contributed by atoms with van der Waals surface area (Å²) < 4.78 is 1.44. The Morgan fingerprint density at radius 3 is 2.17 bits per heavy atom. The van der Waals surface area contributed by atoms with Crippen molar-refractivity contribution >= 4 is 11.9 Å². The minimum atomic E-state index is -1.44. The van der Waals surface area contributed by atoms with Crippen LogP contribution in [0, 0.1) is 0 Å². The number of hydrogen-bond acceptors (Lipinski definition) is 4. The number of carbonyl (C=O) groups excluding carboxylic acids is 1. The van der Waals surface area contributed by atoms with E-state index in [9.17, 15) is 24.6 Å². The molecular weight excluding hydrogens is 384 g/mol. The standard InChI is InChI=1S/C23H20N2O5/c26-20-18(23(29)30)14-25-17(11-15-7-3-1-4-8-15)13-24(22(28)19(25)21(20)27)12-16-9-5-2-6-10-16/h1-10,14,17,27H,11-13H2,(H,29,30). The van der Waals surface area contributed by atoms with Crippen LogP contribution in [0.5, 0.6) is 5.75 Å². The van der Waals surface area contributed by atoms with Crippen LogP contribution in [0.2, 0.25) is 0 Å². The van der Waals surface area contributed by atoms with Gasteiger partial charge in [0.15, 0.2) is 11.4 Å². The van der Waals surface area contributed by atoms with Gasteiger partial charge in [-0.2, -0.15) is 0 Å². The molecule has 0 fully saturated rings. The highest BCUT2D eigenvalue weighted by molar-refractivity contribution is 5.97. The Morgan fingerprint density at radius 1 is 0.967 bits per heavy atom. The average Bonchev–Trinajstić information content (AvgIpc) is 2.74. The predicted octanol–water partition coefficient (Wildman–Crippen LogP) is 2.69. The van der Waals surface area contributed by atoms with Crippen LogP contribution in [0.3, 0.4) is 0 Å². The van der Waals surface area contributed by atoms with Gasteiger partial charge in [-0.25, -0.2) is 4.79 Å². The number of carbonyl (C=O) groups is 2. The number of aromatic hydroxyl groups is 1. The monoisotopic (exact) mass is 404 g/mol. The van der Waals surface area contributed by atoms with Crippen LogP contribution in [0.25, 0.3) is 0 Å². The van der Waals surface area contributed by atoms with Crippen LogP contribution in [0.1, 0.15) is 38.0 Å². The molecule has 4 rings (SSSR count). The first-order valence-electron chi connectivity index (χ1n) is 9.54. The number of amides is 1. The predicted molar refractivity (Wildman–Crippen MR) is 110 cm³/mol. The molecule has 2 N–H and O–H groups in total. The van der Waals surface area contributed by atoms with Crippen LogP contribution >= 0.6 is 0 Å². The van der Waals surface area contributed by atoms with Crippen LogP contribution in [0.4, 0.5) is 0 Å². The van der Waals surface area contributed by atoms with Gasteiger partial charge in [0.2, 0.25) is 5.43 Å².